The number of hydrogen-bond donors (Lipinski definition) is 2. The number of piperidine rings is 1. The highest BCUT2D eigenvalue weighted by Gasteiger charge is 2.30. The SMILES string of the molecule is CC(C)(C)C(O)CC1CC(N)CN(CC#N)C1. The van der Waals surface area contributed by atoms with Gasteiger partial charge in [0.1, 0.15) is 0 Å². The van der Waals surface area contributed by atoms with Crippen molar-refractivity contribution in [2.75, 3.05) is 19.6 Å². The molecule has 1 aliphatic heterocycles. The van der Waals surface area contributed by atoms with Crippen molar-refractivity contribution in [2.24, 2.45) is 17.1 Å². The summed E-state index contributed by atoms with van der Waals surface area (Å²) in [5.41, 5.74) is 5.92. The van der Waals surface area contributed by atoms with Crippen LogP contribution in [0.1, 0.15) is 33.6 Å². The molecule has 3 unspecified atom stereocenters. The molecule has 4 nitrogen and oxygen atoms in total. The van der Waals surface area contributed by atoms with Crippen molar-refractivity contribution in [3.63, 3.8) is 0 Å². The van der Waals surface area contributed by atoms with Crippen molar-refractivity contribution in [2.45, 2.75) is 45.8 Å². The highest BCUT2D eigenvalue weighted by molar-refractivity contribution is 4.88. The molecule has 0 aliphatic carbocycles. The molecule has 1 rings (SSSR count). The summed E-state index contributed by atoms with van der Waals surface area (Å²) >= 11 is 0. The molecule has 0 aromatic heterocycles. The molecule has 0 aromatic carbocycles. The van der Waals surface area contributed by atoms with Gasteiger partial charge in [0, 0.05) is 19.1 Å². The Morgan fingerprint density at radius 1 is 1.47 bits per heavy atom. The predicted molar refractivity (Wildman–Crippen MR) is 68.2 cm³/mol. The average Bonchev–Trinajstić information content (AvgIpc) is 2.15. The molecular formula is C13H25N3O. The highest BCUT2D eigenvalue weighted by Crippen LogP contribution is 2.28. The summed E-state index contributed by atoms with van der Waals surface area (Å²) in [7, 11) is 0. The lowest BCUT2D eigenvalue weighted by molar-refractivity contribution is 0.0259. The second kappa shape index (κ2) is 5.81. The monoisotopic (exact) mass is 239 g/mol. The van der Waals surface area contributed by atoms with Crippen LogP contribution in [-0.2, 0) is 0 Å². The molecule has 17 heavy (non-hydrogen) atoms. The zero-order valence-electron chi connectivity index (χ0n) is 11.2. The lowest BCUT2D eigenvalue weighted by atomic mass is 9.80. The Kier molecular flexibility index (Phi) is 4.93. The molecule has 0 radical (unpaired) electrons. The number of likely N-dealkylation sites (tertiary alicyclic amines) is 1. The van der Waals surface area contributed by atoms with E-state index in [0.717, 1.165) is 25.9 Å². The van der Waals surface area contributed by atoms with Crippen LogP contribution in [0.4, 0.5) is 0 Å². The van der Waals surface area contributed by atoms with Crippen molar-refractivity contribution in [1.29, 1.82) is 5.26 Å². The van der Waals surface area contributed by atoms with E-state index in [1.807, 2.05) is 20.8 Å². The minimum atomic E-state index is -0.304. The van der Waals surface area contributed by atoms with E-state index in [2.05, 4.69) is 11.0 Å². The van der Waals surface area contributed by atoms with Gasteiger partial charge < -0.3 is 10.8 Å². The summed E-state index contributed by atoms with van der Waals surface area (Å²) in [6.45, 7) is 8.27. The van der Waals surface area contributed by atoms with Gasteiger partial charge in [0.2, 0.25) is 0 Å². The molecule has 0 bridgehead atoms. The zero-order valence-corrected chi connectivity index (χ0v) is 11.2. The van der Waals surface area contributed by atoms with Gasteiger partial charge in [0.15, 0.2) is 0 Å². The summed E-state index contributed by atoms with van der Waals surface area (Å²) in [6, 6.07) is 2.30. The maximum absolute atomic E-state index is 10.1. The van der Waals surface area contributed by atoms with Crippen molar-refractivity contribution in [3.05, 3.63) is 0 Å². The van der Waals surface area contributed by atoms with Gasteiger partial charge in [-0.1, -0.05) is 20.8 Å². The van der Waals surface area contributed by atoms with Crippen molar-refractivity contribution >= 4 is 0 Å². The van der Waals surface area contributed by atoms with E-state index >= 15 is 0 Å². The molecule has 1 heterocycles. The maximum Gasteiger partial charge on any atom is 0.0866 e. The lowest BCUT2D eigenvalue weighted by Gasteiger charge is -2.37. The van der Waals surface area contributed by atoms with Gasteiger partial charge in [-0.15, -0.1) is 0 Å². The fraction of sp³-hybridized carbons (Fsp3) is 0.923. The van der Waals surface area contributed by atoms with Gasteiger partial charge in [-0.25, -0.2) is 0 Å². The first-order valence-corrected chi connectivity index (χ1v) is 6.36. The Bertz CT molecular complexity index is 279. The molecule has 3 atom stereocenters. The molecule has 0 saturated carbocycles. The first kappa shape index (κ1) is 14.4. The smallest absolute Gasteiger partial charge is 0.0866 e. The van der Waals surface area contributed by atoms with E-state index < -0.39 is 0 Å². The predicted octanol–water partition coefficient (Wildman–Crippen LogP) is 0.956. The van der Waals surface area contributed by atoms with Crippen LogP contribution >= 0.6 is 0 Å². The largest absolute Gasteiger partial charge is 0.393 e. The van der Waals surface area contributed by atoms with E-state index in [0.29, 0.717) is 12.5 Å². The number of nitriles is 1. The van der Waals surface area contributed by atoms with Gasteiger partial charge in [-0.05, 0) is 24.2 Å². The van der Waals surface area contributed by atoms with E-state index in [1.54, 1.807) is 0 Å². The number of nitrogens with two attached hydrogens (primary N) is 1. The van der Waals surface area contributed by atoms with E-state index in [4.69, 9.17) is 11.0 Å². The van der Waals surface area contributed by atoms with Crippen LogP contribution in [0.3, 0.4) is 0 Å². The molecule has 4 heteroatoms. The fourth-order valence-electron chi connectivity index (χ4n) is 2.42. The quantitative estimate of drug-likeness (QED) is 0.719. The number of aliphatic hydroxyl groups is 1. The summed E-state index contributed by atoms with van der Waals surface area (Å²) in [5, 5.41) is 18.8. The molecule has 1 aliphatic rings. The van der Waals surface area contributed by atoms with Gasteiger partial charge >= 0.3 is 0 Å². The third-order valence-electron chi connectivity index (χ3n) is 3.50. The second-order valence-corrected chi connectivity index (χ2v) is 6.33. The van der Waals surface area contributed by atoms with E-state index in [9.17, 15) is 5.11 Å². The summed E-state index contributed by atoms with van der Waals surface area (Å²) < 4.78 is 0. The van der Waals surface area contributed by atoms with Gasteiger partial charge in [-0.2, -0.15) is 5.26 Å². The Labute approximate surface area is 104 Å². The molecule has 1 fully saturated rings. The molecule has 1 saturated heterocycles. The van der Waals surface area contributed by atoms with Crippen LogP contribution in [0, 0.1) is 22.7 Å². The first-order valence-electron chi connectivity index (χ1n) is 6.36. The number of aliphatic hydroxyl groups excluding tert-OH is 1. The summed E-state index contributed by atoms with van der Waals surface area (Å²) in [4.78, 5) is 2.09. The van der Waals surface area contributed by atoms with Crippen LogP contribution < -0.4 is 5.73 Å². The number of hydrogen-bond acceptors (Lipinski definition) is 4. The molecule has 0 amide bonds. The topological polar surface area (TPSA) is 73.3 Å². The van der Waals surface area contributed by atoms with Crippen LogP contribution in [0.15, 0.2) is 0 Å². The average molecular weight is 239 g/mol. The standard InChI is InChI=1S/C13H25N3O/c1-13(2,3)12(17)7-10-6-11(15)9-16(8-10)5-4-14/h10-12,17H,5-9,15H2,1-3H3. The molecule has 3 N–H and O–H groups in total. The lowest BCUT2D eigenvalue weighted by Crippen LogP contribution is -2.48. The maximum atomic E-state index is 10.1. The van der Waals surface area contributed by atoms with E-state index in [1.165, 1.54) is 0 Å². The van der Waals surface area contributed by atoms with E-state index in [-0.39, 0.29) is 17.6 Å². The molecule has 98 valence electrons. The molecule has 0 aromatic rings. The third kappa shape index (κ3) is 4.63. The van der Waals surface area contributed by atoms with Crippen molar-refractivity contribution < 1.29 is 5.11 Å². The van der Waals surface area contributed by atoms with Crippen molar-refractivity contribution in [1.82, 2.24) is 4.90 Å². The Morgan fingerprint density at radius 2 is 2.12 bits per heavy atom. The first-order chi connectivity index (χ1) is 7.82. The Hall–Kier alpha value is -0.630. The highest BCUT2D eigenvalue weighted by atomic mass is 16.3. The van der Waals surface area contributed by atoms with Crippen LogP contribution in [0.25, 0.3) is 0 Å². The van der Waals surface area contributed by atoms with Crippen molar-refractivity contribution in [3.8, 4) is 6.07 Å². The minimum Gasteiger partial charge on any atom is -0.393 e. The number of nitrogens with zero attached hydrogens (tertiary/aromatic N) is 2. The Morgan fingerprint density at radius 3 is 2.65 bits per heavy atom. The zero-order chi connectivity index (χ0) is 13.1. The Balaban J connectivity index is 2.51. The summed E-state index contributed by atoms with van der Waals surface area (Å²) in [6.07, 6.45) is 1.43. The van der Waals surface area contributed by atoms with Gasteiger partial charge in [0.25, 0.3) is 0 Å². The number of rotatable bonds is 3. The fourth-order valence-corrected chi connectivity index (χ4v) is 2.42. The van der Waals surface area contributed by atoms with Crippen LogP contribution in [-0.4, -0.2) is 41.8 Å². The molecular weight excluding hydrogens is 214 g/mol. The second-order valence-electron chi connectivity index (χ2n) is 6.33. The normalized spacial score (nSPS) is 28.7. The van der Waals surface area contributed by atoms with Crippen LogP contribution in [0.5, 0.6) is 0 Å². The molecule has 0 spiro atoms. The summed E-state index contributed by atoms with van der Waals surface area (Å²) in [5.74, 6) is 0.404. The third-order valence-corrected chi connectivity index (χ3v) is 3.50. The van der Waals surface area contributed by atoms with Gasteiger partial charge in [-0.3, -0.25) is 4.90 Å². The van der Waals surface area contributed by atoms with Crippen LogP contribution in [0.2, 0.25) is 0 Å². The minimum absolute atomic E-state index is 0.0817. The van der Waals surface area contributed by atoms with Gasteiger partial charge in [0.05, 0.1) is 18.7 Å².